The quantitative estimate of drug-likeness (QED) is 0.576. The van der Waals surface area contributed by atoms with E-state index in [1.807, 2.05) is 20.8 Å². The maximum atomic E-state index is 9.83. The number of amides is 1. The molecule has 0 aromatic rings. The number of allylic oxidation sites excluding steroid dienone is 3. The highest BCUT2D eigenvalue weighted by atomic mass is 16.4. The summed E-state index contributed by atoms with van der Waals surface area (Å²) in [5.41, 5.74) is 1.49. The highest BCUT2D eigenvalue weighted by molar-refractivity contribution is 5.51. The molecule has 0 unspecified atom stereocenters. The van der Waals surface area contributed by atoms with Crippen molar-refractivity contribution in [3.8, 4) is 0 Å². The number of carbonyl (C=O) groups excluding carboxylic acids is 1. The van der Waals surface area contributed by atoms with E-state index in [2.05, 4.69) is 23.2 Å². The summed E-state index contributed by atoms with van der Waals surface area (Å²) in [6.07, 6.45) is 4.06. The number of hydrogen-bond acceptors (Lipinski definition) is 2. The molecule has 3 heteroatoms. The summed E-state index contributed by atoms with van der Waals surface area (Å²) in [4.78, 5) is 9.83. The van der Waals surface area contributed by atoms with Crippen molar-refractivity contribution in [2.24, 2.45) is 0 Å². The average Bonchev–Trinajstić information content (AvgIpc) is 2.20. The molecule has 0 spiro atoms. The van der Waals surface area contributed by atoms with E-state index in [9.17, 15) is 4.79 Å². The fourth-order valence-electron chi connectivity index (χ4n) is 0.367. The van der Waals surface area contributed by atoms with Crippen LogP contribution in [0.2, 0.25) is 0 Å². The third-order valence-corrected chi connectivity index (χ3v) is 0.813. The van der Waals surface area contributed by atoms with Gasteiger partial charge in [-0.2, -0.15) is 0 Å². The largest absolute Gasteiger partial charge is 0.388 e. The Balaban J connectivity index is -0.000000245. The van der Waals surface area contributed by atoms with Gasteiger partial charge in [-0.05, 0) is 13.0 Å². The SMILES string of the molecule is C=C(C)/C=C\C(=C)NC=O.CC.COC. The van der Waals surface area contributed by atoms with Crippen molar-refractivity contribution >= 4 is 6.41 Å². The van der Waals surface area contributed by atoms with Gasteiger partial charge in [0.1, 0.15) is 0 Å². The van der Waals surface area contributed by atoms with Crippen LogP contribution in [0.5, 0.6) is 0 Å². The van der Waals surface area contributed by atoms with Crippen LogP contribution in [0.1, 0.15) is 20.8 Å². The first kappa shape index (κ1) is 19.3. The number of ether oxygens (including phenoxy) is 1. The molecule has 0 saturated heterocycles. The summed E-state index contributed by atoms with van der Waals surface area (Å²) in [7, 11) is 3.25. The number of nitrogens with one attached hydrogen (secondary N) is 1. The van der Waals surface area contributed by atoms with Crippen molar-refractivity contribution in [1.82, 2.24) is 5.32 Å². The van der Waals surface area contributed by atoms with Crippen LogP contribution in [-0.2, 0) is 9.53 Å². The second-order valence-electron chi connectivity index (χ2n) is 2.38. The summed E-state index contributed by atoms with van der Waals surface area (Å²) in [6.45, 7) is 13.1. The van der Waals surface area contributed by atoms with E-state index in [0.29, 0.717) is 12.1 Å². The minimum absolute atomic E-state index is 0.568. The molecule has 3 nitrogen and oxygen atoms in total. The summed E-state index contributed by atoms with van der Waals surface area (Å²) >= 11 is 0. The minimum atomic E-state index is 0.568. The Morgan fingerprint density at radius 2 is 1.60 bits per heavy atom. The van der Waals surface area contributed by atoms with Crippen LogP contribution in [0.15, 0.2) is 36.6 Å². The molecule has 0 aliphatic heterocycles. The molecule has 0 saturated carbocycles. The first-order chi connectivity index (χ1) is 7.08. The Bertz CT molecular complexity index is 196. The Kier molecular flexibility index (Phi) is 23.7. The average molecular weight is 213 g/mol. The number of carbonyl (C=O) groups is 1. The third kappa shape index (κ3) is 32.4. The lowest BCUT2D eigenvalue weighted by molar-refractivity contribution is -0.108. The predicted molar refractivity (Wildman–Crippen MR) is 66.6 cm³/mol. The van der Waals surface area contributed by atoms with Crippen LogP contribution in [0, 0.1) is 0 Å². The Morgan fingerprint density at radius 3 is 1.87 bits per heavy atom. The van der Waals surface area contributed by atoms with Crippen molar-refractivity contribution in [2.75, 3.05) is 14.2 Å². The van der Waals surface area contributed by atoms with Gasteiger partial charge in [0.15, 0.2) is 0 Å². The van der Waals surface area contributed by atoms with Gasteiger partial charge in [0.2, 0.25) is 6.41 Å². The Hall–Kier alpha value is -1.35. The molecule has 0 aliphatic carbocycles. The van der Waals surface area contributed by atoms with Crippen molar-refractivity contribution < 1.29 is 9.53 Å². The van der Waals surface area contributed by atoms with Crippen LogP contribution in [0.25, 0.3) is 0 Å². The van der Waals surface area contributed by atoms with E-state index < -0.39 is 0 Å². The van der Waals surface area contributed by atoms with Gasteiger partial charge in [-0.15, -0.1) is 0 Å². The second kappa shape index (κ2) is 18.4. The van der Waals surface area contributed by atoms with Crippen molar-refractivity contribution in [3.05, 3.63) is 36.6 Å². The van der Waals surface area contributed by atoms with Crippen LogP contribution in [-0.4, -0.2) is 20.6 Å². The van der Waals surface area contributed by atoms with Gasteiger partial charge >= 0.3 is 0 Å². The van der Waals surface area contributed by atoms with Crippen LogP contribution in [0.4, 0.5) is 0 Å². The molecule has 15 heavy (non-hydrogen) atoms. The standard InChI is InChI=1S/C8H11NO.C2H6O.C2H6/c1-7(2)4-5-8(3)9-6-10;1-3-2;1-2/h4-6H,1,3H2,2H3,(H,9,10);1-2H3;1-2H3/b5-4-;;. The zero-order valence-electron chi connectivity index (χ0n) is 10.5. The monoisotopic (exact) mass is 213 g/mol. The topological polar surface area (TPSA) is 38.3 Å². The molecule has 88 valence electrons. The molecular formula is C12H23NO2. The summed E-state index contributed by atoms with van der Waals surface area (Å²) in [5, 5.41) is 2.40. The zero-order chi connectivity index (χ0) is 12.7. The van der Waals surface area contributed by atoms with E-state index in [-0.39, 0.29) is 0 Å². The van der Waals surface area contributed by atoms with E-state index >= 15 is 0 Å². The zero-order valence-corrected chi connectivity index (χ0v) is 10.5. The Morgan fingerprint density at radius 1 is 1.20 bits per heavy atom. The molecule has 0 atom stereocenters. The summed E-state index contributed by atoms with van der Waals surface area (Å²) < 4.78 is 4.25. The number of rotatable bonds is 4. The predicted octanol–water partition coefficient (Wildman–Crippen LogP) is 2.67. The molecule has 0 bridgehead atoms. The van der Waals surface area contributed by atoms with Gasteiger partial charge < -0.3 is 10.1 Å². The summed E-state index contributed by atoms with van der Waals surface area (Å²) in [6, 6.07) is 0. The van der Waals surface area contributed by atoms with E-state index in [4.69, 9.17) is 0 Å². The first-order valence-electron chi connectivity index (χ1n) is 4.71. The smallest absolute Gasteiger partial charge is 0.211 e. The lowest BCUT2D eigenvalue weighted by atomic mass is 10.3. The minimum Gasteiger partial charge on any atom is -0.388 e. The number of hydrogen-bond donors (Lipinski definition) is 1. The molecule has 1 amide bonds. The highest BCUT2D eigenvalue weighted by Crippen LogP contribution is 1.92. The molecule has 0 aromatic carbocycles. The molecule has 0 fully saturated rings. The molecular weight excluding hydrogens is 190 g/mol. The molecule has 0 radical (unpaired) electrons. The Labute approximate surface area is 93.5 Å². The highest BCUT2D eigenvalue weighted by Gasteiger charge is 1.80. The van der Waals surface area contributed by atoms with Gasteiger partial charge in [0.05, 0.1) is 0 Å². The van der Waals surface area contributed by atoms with Gasteiger partial charge in [-0.25, -0.2) is 0 Å². The van der Waals surface area contributed by atoms with Gasteiger partial charge in [-0.3, -0.25) is 4.79 Å². The van der Waals surface area contributed by atoms with E-state index in [0.717, 1.165) is 5.57 Å². The molecule has 0 heterocycles. The fraction of sp³-hybridized carbons (Fsp3) is 0.417. The first-order valence-corrected chi connectivity index (χ1v) is 4.71. The molecule has 0 aliphatic rings. The molecule has 0 rings (SSSR count). The third-order valence-electron chi connectivity index (χ3n) is 0.813. The lowest BCUT2D eigenvalue weighted by Crippen LogP contribution is -2.06. The van der Waals surface area contributed by atoms with Gasteiger partial charge in [-0.1, -0.05) is 38.7 Å². The second-order valence-corrected chi connectivity index (χ2v) is 2.38. The van der Waals surface area contributed by atoms with Gasteiger partial charge in [0.25, 0.3) is 0 Å². The van der Waals surface area contributed by atoms with Crippen LogP contribution in [0.3, 0.4) is 0 Å². The van der Waals surface area contributed by atoms with Crippen molar-refractivity contribution in [2.45, 2.75) is 20.8 Å². The van der Waals surface area contributed by atoms with E-state index in [1.165, 1.54) is 0 Å². The van der Waals surface area contributed by atoms with Gasteiger partial charge in [0, 0.05) is 19.9 Å². The fourth-order valence-corrected chi connectivity index (χ4v) is 0.367. The van der Waals surface area contributed by atoms with E-state index in [1.54, 1.807) is 26.4 Å². The maximum Gasteiger partial charge on any atom is 0.211 e. The van der Waals surface area contributed by atoms with Crippen molar-refractivity contribution in [1.29, 1.82) is 0 Å². The number of methoxy groups -OCH3 is 1. The maximum absolute atomic E-state index is 9.83. The molecule has 1 N–H and O–H groups in total. The lowest BCUT2D eigenvalue weighted by Gasteiger charge is -1.93. The molecule has 0 aromatic heterocycles. The normalized spacial score (nSPS) is 7.80. The van der Waals surface area contributed by atoms with Crippen LogP contribution < -0.4 is 5.32 Å². The van der Waals surface area contributed by atoms with Crippen LogP contribution >= 0.6 is 0 Å². The van der Waals surface area contributed by atoms with Crippen molar-refractivity contribution in [3.63, 3.8) is 0 Å². The summed E-state index contributed by atoms with van der Waals surface area (Å²) in [5.74, 6) is 0.